The van der Waals surface area contributed by atoms with Gasteiger partial charge >= 0.3 is 0 Å². The Balaban J connectivity index is 2.00. The number of nitrogens with one attached hydrogen (secondary N) is 1. The SMILES string of the molecule is CCOC1CC(Nc2nn(C)cc2N)C1(C)C. The van der Waals surface area contributed by atoms with Crippen molar-refractivity contribution >= 4 is 11.5 Å². The van der Waals surface area contributed by atoms with Gasteiger partial charge in [0, 0.05) is 31.3 Å². The van der Waals surface area contributed by atoms with Crippen molar-refractivity contribution in [3.8, 4) is 0 Å². The first kappa shape index (κ1) is 12.2. The van der Waals surface area contributed by atoms with Crippen LogP contribution in [0.1, 0.15) is 27.2 Å². The molecule has 0 bridgehead atoms. The highest BCUT2D eigenvalue weighted by molar-refractivity contribution is 5.60. The van der Waals surface area contributed by atoms with Crippen molar-refractivity contribution in [2.75, 3.05) is 17.7 Å². The van der Waals surface area contributed by atoms with E-state index in [1.165, 1.54) is 0 Å². The maximum Gasteiger partial charge on any atom is 0.171 e. The molecule has 2 atom stereocenters. The molecule has 1 saturated carbocycles. The maximum atomic E-state index is 5.87. The highest BCUT2D eigenvalue weighted by Crippen LogP contribution is 2.44. The summed E-state index contributed by atoms with van der Waals surface area (Å²) in [5.74, 6) is 0.778. The van der Waals surface area contributed by atoms with Crippen LogP contribution in [0.15, 0.2) is 6.20 Å². The number of hydrogen-bond donors (Lipinski definition) is 2. The third kappa shape index (κ3) is 2.11. The van der Waals surface area contributed by atoms with Crippen LogP contribution in [-0.4, -0.2) is 28.5 Å². The summed E-state index contributed by atoms with van der Waals surface area (Å²) in [6.07, 6.45) is 3.15. The molecule has 17 heavy (non-hydrogen) atoms. The van der Waals surface area contributed by atoms with Gasteiger partial charge in [0.1, 0.15) is 0 Å². The highest BCUT2D eigenvalue weighted by Gasteiger charge is 2.49. The van der Waals surface area contributed by atoms with Crippen LogP contribution in [0.25, 0.3) is 0 Å². The van der Waals surface area contributed by atoms with Gasteiger partial charge in [0.2, 0.25) is 0 Å². The molecule has 1 aliphatic rings. The van der Waals surface area contributed by atoms with Crippen LogP contribution in [0, 0.1) is 5.41 Å². The number of aryl methyl sites for hydroxylation is 1. The Kier molecular flexibility index (Phi) is 3.03. The first-order valence-corrected chi connectivity index (χ1v) is 6.12. The number of ether oxygens (including phenoxy) is 1. The van der Waals surface area contributed by atoms with E-state index in [1.807, 2.05) is 20.2 Å². The molecule has 1 fully saturated rings. The third-order valence-corrected chi connectivity index (χ3v) is 3.71. The largest absolute Gasteiger partial charge is 0.394 e. The number of nitrogens with zero attached hydrogens (tertiary/aromatic N) is 2. The fraction of sp³-hybridized carbons (Fsp3) is 0.750. The van der Waals surface area contributed by atoms with Crippen LogP contribution in [-0.2, 0) is 11.8 Å². The molecule has 1 heterocycles. The molecule has 3 N–H and O–H groups in total. The molecule has 0 aliphatic heterocycles. The summed E-state index contributed by atoms with van der Waals surface area (Å²) in [5, 5.41) is 7.72. The monoisotopic (exact) mass is 238 g/mol. The van der Waals surface area contributed by atoms with Gasteiger partial charge in [-0.2, -0.15) is 5.10 Å². The number of nitrogen functional groups attached to an aromatic ring is 1. The van der Waals surface area contributed by atoms with E-state index < -0.39 is 0 Å². The average molecular weight is 238 g/mol. The first-order chi connectivity index (χ1) is 7.95. The molecule has 0 radical (unpaired) electrons. The van der Waals surface area contributed by atoms with Crippen LogP contribution in [0.2, 0.25) is 0 Å². The molecule has 5 heteroatoms. The van der Waals surface area contributed by atoms with E-state index >= 15 is 0 Å². The Morgan fingerprint density at radius 1 is 1.65 bits per heavy atom. The van der Waals surface area contributed by atoms with Crippen LogP contribution in [0.4, 0.5) is 11.5 Å². The van der Waals surface area contributed by atoms with E-state index in [9.17, 15) is 0 Å². The number of nitrogens with two attached hydrogens (primary N) is 1. The number of anilines is 2. The molecule has 0 spiro atoms. The lowest BCUT2D eigenvalue weighted by molar-refractivity contribution is -0.0976. The smallest absolute Gasteiger partial charge is 0.171 e. The van der Waals surface area contributed by atoms with Crippen molar-refractivity contribution in [3.05, 3.63) is 6.20 Å². The second kappa shape index (κ2) is 4.22. The van der Waals surface area contributed by atoms with Gasteiger partial charge in [-0.05, 0) is 13.3 Å². The summed E-state index contributed by atoms with van der Waals surface area (Å²) in [6.45, 7) is 7.24. The Labute approximate surface area is 102 Å². The minimum atomic E-state index is 0.125. The molecule has 1 aromatic heterocycles. The van der Waals surface area contributed by atoms with Gasteiger partial charge in [-0.1, -0.05) is 13.8 Å². The molecule has 1 aliphatic carbocycles. The van der Waals surface area contributed by atoms with E-state index in [-0.39, 0.29) is 5.41 Å². The fourth-order valence-electron chi connectivity index (χ4n) is 2.40. The summed E-state index contributed by atoms with van der Waals surface area (Å²) in [7, 11) is 1.87. The van der Waals surface area contributed by atoms with E-state index in [4.69, 9.17) is 10.5 Å². The summed E-state index contributed by atoms with van der Waals surface area (Å²) in [4.78, 5) is 0. The van der Waals surface area contributed by atoms with Gasteiger partial charge in [0.05, 0.1) is 11.8 Å². The molecule has 0 aromatic carbocycles. The normalized spacial score (nSPS) is 26.6. The molecule has 1 aromatic rings. The van der Waals surface area contributed by atoms with Crippen molar-refractivity contribution in [2.24, 2.45) is 12.5 Å². The predicted molar refractivity (Wildman–Crippen MR) is 68.8 cm³/mol. The van der Waals surface area contributed by atoms with Gasteiger partial charge in [-0.3, -0.25) is 4.68 Å². The highest BCUT2D eigenvalue weighted by atomic mass is 16.5. The summed E-state index contributed by atoms with van der Waals surface area (Å²) in [6, 6.07) is 0.372. The van der Waals surface area contributed by atoms with Gasteiger partial charge in [-0.25, -0.2) is 0 Å². The topological polar surface area (TPSA) is 65.1 Å². The van der Waals surface area contributed by atoms with Crippen molar-refractivity contribution < 1.29 is 4.74 Å². The van der Waals surface area contributed by atoms with Crippen LogP contribution in [0.3, 0.4) is 0 Å². The van der Waals surface area contributed by atoms with Crippen molar-refractivity contribution in [1.82, 2.24) is 9.78 Å². The first-order valence-electron chi connectivity index (χ1n) is 6.12. The zero-order valence-electron chi connectivity index (χ0n) is 11.0. The molecule has 96 valence electrons. The molecular formula is C12H22N4O. The second-order valence-corrected chi connectivity index (χ2v) is 5.30. The number of hydrogen-bond acceptors (Lipinski definition) is 4. The minimum Gasteiger partial charge on any atom is -0.394 e. The van der Waals surface area contributed by atoms with E-state index in [2.05, 4.69) is 24.3 Å². The summed E-state index contributed by atoms with van der Waals surface area (Å²) >= 11 is 0. The van der Waals surface area contributed by atoms with Gasteiger partial charge in [-0.15, -0.1) is 0 Å². The zero-order valence-corrected chi connectivity index (χ0v) is 11.0. The number of aromatic nitrogens is 2. The lowest BCUT2D eigenvalue weighted by Crippen LogP contribution is -2.58. The van der Waals surface area contributed by atoms with Gasteiger partial charge in [0.25, 0.3) is 0 Å². The van der Waals surface area contributed by atoms with E-state index in [0.717, 1.165) is 18.8 Å². The molecular weight excluding hydrogens is 216 g/mol. The molecule has 0 saturated heterocycles. The van der Waals surface area contributed by atoms with E-state index in [0.29, 0.717) is 17.8 Å². The van der Waals surface area contributed by atoms with Gasteiger partial charge < -0.3 is 15.8 Å². The van der Waals surface area contributed by atoms with Crippen LogP contribution < -0.4 is 11.1 Å². The van der Waals surface area contributed by atoms with Crippen LogP contribution in [0.5, 0.6) is 0 Å². The van der Waals surface area contributed by atoms with Crippen molar-refractivity contribution in [2.45, 2.75) is 39.3 Å². The third-order valence-electron chi connectivity index (χ3n) is 3.71. The Morgan fingerprint density at radius 3 is 2.82 bits per heavy atom. The van der Waals surface area contributed by atoms with Gasteiger partial charge in [0.15, 0.2) is 5.82 Å². The van der Waals surface area contributed by atoms with E-state index in [1.54, 1.807) is 4.68 Å². The molecule has 0 amide bonds. The Morgan fingerprint density at radius 2 is 2.35 bits per heavy atom. The number of rotatable bonds is 4. The lowest BCUT2D eigenvalue weighted by Gasteiger charge is -2.51. The Bertz CT molecular complexity index is 399. The average Bonchev–Trinajstić information content (AvgIpc) is 2.56. The summed E-state index contributed by atoms with van der Waals surface area (Å²) in [5.41, 5.74) is 6.70. The minimum absolute atomic E-state index is 0.125. The second-order valence-electron chi connectivity index (χ2n) is 5.30. The fourth-order valence-corrected chi connectivity index (χ4v) is 2.40. The standard InChI is InChI=1S/C12H22N4O/c1-5-17-10-6-9(12(10,2)3)14-11-8(13)7-16(4)15-11/h7,9-10H,5-6,13H2,1-4H3,(H,14,15). The maximum absolute atomic E-state index is 5.87. The predicted octanol–water partition coefficient (Wildman–Crippen LogP) is 1.62. The zero-order chi connectivity index (χ0) is 12.6. The van der Waals surface area contributed by atoms with Crippen LogP contribution >= 0.6 is 0 Å². The summed E-state index contributed by atoms with van der Waals surface area (Å²) < 4.78 is 7.43. The lowest BCUT2D eigenvalue weighted by atomic mass is 9.64. The van der Waals surface area contributed by atoms with Crippen molar-refractivity contribution in [3.63, 3.8) is 0 Å². The molecule has 2 rings (SSSR count). The van der Waals surface area contributed by atoms with Crippen molar-refractivity contribution in [1.29, 1.82) is 0 Å². The molecule has 2 unspecified atom stereocenters. The molecule has 5 nitrogen and oxygen atoms in total. The quantitative estimate of drug-likeness (QED) is 0.836. The Hall–Kier alpha value is -1.23.